The van der Waals surface area contributed by atoms with Crippen molar-refractivity contribution in [1.29, 1.82) is 0 Å². The molecule has 0 radical (unpaired) electrons. The molecular weight excluding hydrogens is 122 g/mol. The average molecular weight is 139 g/mol. The van der Waals surface area contributed by atoms with E-state index in [0.29, 0.717) is 5.92 Å². The third kappa shape index (κ3) is 1.60. The Labute approximate surface area is 63.5 Å². The van der Waals surface area contributed by atoms with Crippen LogP contribution >= 0.6 is 0 Å². The molecule has 1 rings (SSSR count). The van der Waals surface area contributed by atoms with Gasteiger partial charge in [-0.25, -0.2) is 0 Å². The molecule has 0 amide bonds. The van der Waals surface area contributed by atoms with E-state index in [2.05, 4.69) is 25.7 Å². The number of nitrogens with one attached hydrogen (secondary N) is 1. The summed E-state index contributed by atoms with van der Waals surface area (Å²) < 4.78 is 0. The predicted molar refractivity (Wildman–Crippen MR) is 45.0 cm³/mol. The molecule has 1 unspecified atom stereocenters. The van der Waals surface area contributed by atoms with E-state index in [1.54, 1.807) is 0 Å². The molecule has 1 aliphatic heterocycles. The van der Waals surface area contributed by atoms with Gasteiger partial charge in [-0.05, 0) is 24.8 Å². The van der Waals surface area contributed by atoms with Crippen LogP contribution in [0.2, 0.25) is 0 Å². The molecule has 0 saturated carbocycles. The normalized spacial score (nSPS) is 25.7. The van der Waals surface area contributed by atoms with Crippen LogP contribution < -0.4 is 5.32 Å². The molecular formula is C9H17N. The second-order valence-corrected chi connectivity index (χ2v) is 3.42. The lowest BCUT2D eigenvalue weighted by atomic mass is 9.91. The second kappa shape index (κ2) is 3.20. The molecule has 1 atom stereocenters. The fourth-order valence-electron chi connectivity index (χ4n) is 1.44. The van der Waals surface area contributed by atoms with E-state index in [1.165, 1.54) is 18.5 Å². The van der Waals surface area contributed by atoms with Crippen LogP contribution in [-0.4, -0.2) is 13.1 Å². The van der Waals surface area contributed by atoms with Crippen LogP contribution in [0.1, 0.15) is 20.3 Å². The molecule has 1 heteroatoms. The zero-order chi connectivity index (χ0) is 7.56. The van der Waals surface area contributed by atoms with Crippen molar-refractivity contribution in [1.82, 2.24) is 5.32 Å². The first-order valence-electron chi connectivity index (χ1n) is 4.11. The van der Waals surface area contributed by atoms with Crippen LogP contribution in [0.5, 0.6) is 0 Å². The summed E-state index contributed by atoms with van der Waals surface area (Å²) in [4.78, 5) is 0. The van der Waals surface area contributed by atoms with Crippen LogP contribution in [0.25, 0.3) is 0 Å². The first-order chi connectivity index (χ1) is 4.72. The van der Waals surface area contributed by atoms with E-state index in [9.17, 15) is 0 Å². The van der Waals surface area contributed by atoms with Gasteiger partial charge in [-0.2, -0.15) is 0 Å². The molecule has 1 aliphatic rings. The molecule has 0 aromatic carbocycles. The highest BCUT2D eigenvalue weighted by molar-refractivity contribution is 5.06. The van der Waals surface area contributed by atoms with E-state index in [4.69, 9.17) is 0 Å². The highest BCUT2D eigenvalue weighted by Crippen LogP contribution is 2.22. The van der Waals surface area contributed by atoms with E-state index in [-0.39, 0.29) is 0 Å². The zero-order valence-electron chi connectivity index (χ0n) is 6.98. The van der Waals surface area contributed by atoms with Crippen LogP contribution in [0.15, 0.2) is 12.2 Å². The van der Waals surface area contributed by atoms with Crippen molar-refractivity contribution in [2.75, 3.05) is 13.1 Å². The van der Waals surface area contributed by atoms with Crippen molar-refractivity contribution >= 4 is 0 Å². The number of rotatable bonds is 2. The minimum absolute atomic E-state index is 0.657. The van der Waals surface area contributed by atoms with Crippen LogP contribution in [0, 0.1) is 11.8 Å². The maximum atomic E-state index is 4.10. The summed E-state index contributed by atoms with van der Waals surface area (Å²) >= 11 is 0. The smallest absolute Gasteiger partial charge is 0.00173 e. The van der Waals surface area contributed by atoms with Gasteiger partial charge in [0, 0.05) is 6.54 Å². The topological polar surface area (TPSA) is 12.0 Å². The Morgan fingerprint density at radius 1 is 1.60 bits per heavy atom. The van der Waals surface area contributed by atoms with Crippen molar-refractivity contribution in [3.63, 3.8) is 0 Å². The monoisotopic (exact) mass is 139 g/mol. The molecule has 1 fully saturated rings. The predicted octanol–water partition coefficient (Wildman–Crippen LogP) is 1.81. The number of hydrogen-bond acceptors (Lipinski definition) is 1. The van der Waals surface area contributed by atoms with E-state index in [0.717, 1.165) is 12.5 Å². The summed E-state index contributed by atoms with van der Waals surface area (Å²) in [6.07, 6.45) is 1.29. The summed E-state index contributed by atoms with van der Waals surface area (Å²) in [6, 6.07) is 0. The lowest BCUT2D eigenvalue weighted by Gasteiger charge is -2.15. The fourth-order valence-corrected chi connectivity index (χ4v) is 1.44. The summed E-state index contributed by atoms with van der Waals surface area (Å²) in [7, 11) is 0. The molecule has 0 spiro atoms. The Kier molecular flexibility index (Phi) is 2.50. The summed E-state index contributed by atoms with van der Waals surface area (Å²) in [6.45, 7) is 10.9. The van der Waals surface area contributed by atoms with Crippen LogP contribution in [-0.2, 0) is 0 Å². The molecule has 1 saturated heterocycles. The Hall–Kier alpha value is -0.300. The molecule has 58 valence electrons. The summed E-state index contributed by atoms with van der Waals surface area (Å²) in [5.41, 5.74) is 1.42. The van der Waals surface area contributed by atoms with Crippen molar-refractivity contribution in [2.45, 2.75) is 20.3 Å². The first-order valence-corrected chi connectivity index (χ1v) is 4.11. The van der Waals surface area contributed by atoms with Gasteiger partial charge in [0.2, 0.25) is 0 Å². The highest BCUT2D eigenvalue weighted by Gasteiger charge is 2.18. The van der Waals surface area contributed by atoms with Crippen molar-refractivity contribution in [3.8, 4) is 0 Å². The van der Waals surface area contributed by atoms with Gasteiger partial charge in [0.05, 0.1) is 0 Å². The quantitative estimate of drug-likeness (QED) is 0.575. The third-order valence-corrected chi connectivity index (χ3v) is 2.33. The maximum Gasteiger partial charge on any atom is 0.00173 e. The second-order valence-electron chi connectivity index (χ2n) is 3.42. The van der Waals surface area contributed by atoms with Crippen molar-refractivity contribution in [2.24, 2.45) is 11.8 Å². The van der Waals surface area contributed by atoms with Gasteiger partial charge in [-0.1, -0.05) is 26.0 Å². The summed E-state index contributed by atoms with van der Waals surface area (Å²) in [5, 5.41) is 3.35. The van der Waals surface area contributed by atoms with Gasteiger partial charge in [0.25, 0.3) is 0 Å². The van der Waals surface area contributed by atoms with Gasteiger partial charge < -0.3 is 5.32 Å². The molecule has 0 aromatic rings. The van der Waals surface area contributed by atoms with Gasteiger partial charge in [0.15, 0.2) is 0 Å². The lowest BCUT2D eigenvalue weighted by molar-refractivity contribution is 0.586. The Bertz CT molecular complexity index is 121. The molecule has 1 N–H and O–H groups in total. The average Bonchev–Trinajstić information content (AvgIpc) is 2.36. The Morgan fingerprint density at radius 3 is 2.70 bits per heavy atom. The minimum atomic E-state index is 0.657. The van der Waals surface area contributed by atoms with Gasteiger partial charge in [-0.3, -0.25) is 0 Å². The molecule has 10 heavy (non-hydrogen) atoms. The number of hydrogen-bond donors (Lipinski definition) is 1. The molecule has 1 heterocycles. The highest BCUT2D eigenvalue weighted by atomic mass is 14.9. The van der Waals surface area contributed by atoms with Crippen LogP contribution in [0.3, 0.4) is 0 Å². The van der Waals surface area contributed by atoms with Crippen molar-refractivity contribution < 1.29 is 0 Å². The lowest BCUT2D eigenvalue weighted by Crippen LogP contribution is -2.12. The fraction of sp³-hybridized carbons (Fsp3) is 0.778. The Balaban J connectivity index is 2.40. The maximum absolute atomic E-state index is 4.10. The minimum Gasteiger partial charge on any atom is -0.316 e. The molecule has 0 aliphatic carbocycles. The van der Waals surface area contributed by atoms with E-state index < -0.39 is 0 Å². The van der Waals surface area contributed by atoms with Gasteiger partial charge >= 0.3 is 0 Å². The zero-order valence-corrected chi connectivity index (χ0v) is 6.98. The van der Waals surface area contributed by atoms with E-state index >= 15 is 0 Å². The first kappa shape index (κ1) is 7.80. The molecule has 0 bridgehead atoms. The van der Waals surface area contributed by atoms with Crippen molar-refractivity contribution in [3.05, 3.63) is 12.2 Å². The van der Waals surface area contributed by atoms with Crippen LogP contribution in [0.4, 0.5) is 0 Å². The standard InChI is InChI=1S/C9H17N/c1-7(2)8(3)9-4-5-10-6-9/h7,9-10H,3-6H2,1-2H3. The van der Waals surface area contributed by atoms with E-state index in [1.807, 2.05) is 0 Å². The Morgan fingerprint density at radius 2 is 2.30 bits per heavy atom. The van der Waals surface area contributed by atoms with Gasteiger partial charge in [0.1, 0.15) is 0 Å². The SMILES string of the molecule is C=C(C(C)C)C1CCNC1. The van der Waals surface area contributed by atoms with Gasteiger partial charge in [-0.15, -0.1) is 0 Å². The largest absolute Gasteiger partial charge is 0.316 e. The molecule has 1 nitrogen and oxygen atoms in total. The molecule has 0 aromatic heterocycles. The summed E-state index contributed by atoms with van der Waals surface area (Å²) in [5.74, 6) is 1.41. The third-order valence-electron chi connectivity index (χ3n) is 2.33.